The molecule has 1 atom stereocenters. The second-order valence-electron chi connectivity index (χ2n) is 5.16. The average Bonchev–Trinajstić information content (AvgIpc) is 2.51. The minimum atomic E-state index is -0.208. The standard InChI is InChI=1S/C16H25N3O2/c1-5-6-10-19(4)12(2)15(20)18-14-9-7-8-13(11-14)16(21)17-3/h7-9,11-12H,5-6,10H2,1-4H3,(H,17,21)(H,18,20). The Balaban J connectivity index is 2.68. The molecule has 0 saturated carbocycles. The van der Waals surface area contributed by atoms with Crippen LogP contribution in [0.4, 0.5) is 5.69 Å². The molecule has 2 N–H and O–H groups in total. The number of hydrogen-bond donors (Lipinski definition) is 2. The summed E-state index contributed by atoms with van der Waals surface area (Å²) in [7, 11) is 3.53. The first-order valence-corrected chi connectivity index (χ1v) is 7.32. The average molecular weight is 291 g/mol. The molecule has 1 rings (SSSR count). The predicted octanol–water partition coefficient (Wildman–Crippen LogP) is 2.11. The third kappa shape index (κ3) is 5.19. The minimum Gasteiger partial charge on any atom is -0.355 e. The van der Waals surface area contributed by atoms with E-state index >= 15 is 0 Å². The number of likely N-dealkylation sites (N-methyl/N-ethyl adjacent to an activating group) is 1. The fourth-order valence-electron chi connectivity index (χ4n) is 1.93. The van der Waals surface area contributed by atoms with Crippen LogP contribution in [-0.4, -0.2) is 43.4 Å². The van der Waals surface area contributed by atoms with Gasteiger partial charge in [-0.2, -0.15) is 0 Å². The summed E-state index contributed by atoms with van der Waals surface area (Å²) < 4.78 is 0. The molecule has 1 aromatic carbocycles. The van der Waals surface area contributed by atoms with Crippen LogP contribution in [0, 0.1) is 0 Å². The van der Waals surface area contributed by atoms with Gasteiger partial charge < -0.3 is 10.6 Å². The molecule has 0 saturated heterocycles. The number of carbonyl (C=O) groups is 2. The van der Waals surface area contributed by atoms with E-state index in [1.165, 1.54) is 0 Å². The van der Waals surface area contributed by atoms with Crippen molar-refractivity contribution in [2.24, 2.45) is 0 Å². The van der Waals surface area contributed by atoms with Crippen molar-refractivity contribution in [2.45, 2.75) is 32.7 Å². The van der Waals surface area contributed by atoms with Gasteiger partial charge >= 0.3 is 0 Å². The van der Waals surface area contributed by atoms with Gasteiger partial charge in [-0.3, -0.25) is 14.5 Å². The molecule has 0 aliphatic rings. The zero-order valence-corrected chi connectivity index (χ0v) is 13.3. The van der Waals surface area contributed by atoms with Crippen molar-refractivity contribution in [1.29, 1.82) is 0 Å². The first-order valence-electron chi connectivity index (χ1n) is 7.32. The highest BCUT2D eigenvalue weighted by Gasteiger charge is 2.17. The van der Waals surface area contributed by atoms with E-state index in [1.807, 2.05) is 18.9 Å². The van der Waals surface area contributed by atoms with Crippen LogP contribution in [-0.2, 0) is 4.79 Å². The van der Waals surface area contributed by atoms with Crippen molar-refractivity contribution >= 4 is 17.5 Å². The maximum absolute atomic E-state index is 12.2. The van der Waals surface area contributed by atoms with Crippen LogP contribution in [0.15, 0.2) is 24.3 Å². The lowest BCUT2D eigenvalue weighted by Crippen LogP contribution is -2.40. The Labute approximate surface area is 126 Å². The molecule has 0 aliphatic carbocycles. The van der Waals surface area contributed by atoms with Gasteiger partial charge in [0.15, 0.2) is 0 Å². The van der Waals surface area contributed by atoms with Crippen molar-refractivity contribution in [2.75, 3.05) is 26.0 Å². The number of rotatable bonds is 7. The fraction of sp³-hybridized carbons (Fsp3) is 0.500. The topological polar surface area (TPSA) is 61.4 Å². The van der Waals surface area contributed by atoms with Crippen LogP contribution >= 0.6 is 0 Å². The van der Waals surface area contributed by atoms with Crippen LogP contribution in [0.3, 0.4) is 0 Å². The van der Waals surface area contributed by atoms with E-state index in [4.69, 9.17) is 0 Å². The molecule has 0 aromatic heterocycles. The molecule has 5 nitrogen and oxygen atoms in total. The molecule has 0 fully saturated rings. The van der Waals surface area contributed by atoms with Gasteiger partial charge in [0.1, 0.15) is 0 Å². The lowest BCUT2D eigenvalue weighted by molar-refractivity contribution is -0.120. The first-order chi connectivity index (χ1) is 9.99. The molecule has 21 heavy (non-hydrogen) atoms. The molecule has 1 aromatic rings. The lowest BCUT2D eigenvalue weighted by Gasteiger charge is -2.23. The Hall–Kier alpha value is -1.88. The molecular weight excluding hydrogens is 266 g/mol. The normalized spacial score (nSPS) is 12.0. The highest BCUT2D eigenvalue weighted by Crippen LogP contribution is 2.12. The molecule has 0 radical (unpaired) electrons. The van der Waals surface area contributed by atoms with E-state index in [9.17, 15) is 9.59 Å². The summed E-state index contributed by atoms with van der Waals surface area (Å²) in [5, 5.41) is 5.42. The Bertz CT molecular complexity index is 488. The summed E-state index contributed by atoms with van der Waals surface area (Å²) in [6, 6.07) is 6.72. The van der Waals surface area contributed by atoms with Crippen LogP contribution in [0.1, 0.15) is 37.0 Å². The second kappa shape index (κ2) is 8.42. The van der Waals surface area contributed by atoms with Gasteiger partial charge in [-0.25, -0.2) is 0 Å². The summed E-state index contributed by atoms with van der Waals surface area (Å²) in [6.45, 7) is 4.90. The Morgan fingerprint density at radius 3 is 2.67 bits per heavy atom. The molecule has 0 aliphatic heterocycles. The Kier molecular flexibility index (Phi) is 6.88. The van der Waals surface area contributed by atoms with Crippen molar-refractivity contribution in [3.63, 3.8) is 0 Å². The molecule has 2 amide bonds. The smallest absolute Gasteiger partial charge is 0.251 e. The molecular formula is C16H25N3O2. The van der Waals surface area contributed by atoms with E-state index in [-0.39, 0.29) is 17.9 Å². The highest BCUT2D eigenvalue weighted by molar-refractivity contribution is 5.98. The number of nitrogens with one attached hydrogen (secondary N) is 2. The number of carbonyl (C=O) groups excluding carboxylic acids is 2. The van der Waals surface area contributed by atoms with Crippen molar-refractivity contribution in [3.8, 4) is 0 Å². The zero-order valence-electron chi connectivity index (χ0n) is 13.3. The predicted molar refractivity (Wildman–Crippen MR) is 85.5 cm³/mol. The fourth-order valence-corrected chi connectivity index (χ4v) is 1.93. The Morgan fingerprint density at radius 1 is 1.33 bits per heavy atom. The molecule has 0 heterocycles. The van der Waals surface area contributed by atoms with Crippen molar-refractivity contribution in [1.82, 2.24) is 10.2 Å². The van der Waals surface area contributed by atoms with Gasteiger partial charge in [-0.05, 0) is 45.1 Å². The van der Waals surface area contributed by atoms with Gasteiger partial charge in [0.05, 0.1) is 6.04 Å². The SMILES string of the molecule is CCCCN(C)C(C)C(=O)Nc1cccc(C(=O)NC)c1. The van der Waals surface area contributed by atoms with Crippen molar-refractivity contribution < 1.29 is 9.59 Å². The van der Waals surface area contributed by atoms with Crippen molar-refractivity contribution in [3.05, 3.63) is 29.8 Å². The maximum Gasteiger partial charge on any atom is 0.251 e. The summed E-state index contributed by atoms with van der Waals surface area (Å²) in [5.41, 5.74) is 1.17. The van der Waals surface area contributed by atoms with Gasteiger partial charge in [0.25, 0.3) is 5.91 Å². The number of amides is 2. The summed E-state index contributed by atoms with van der Waals surface area (Å²) >= 11 is 0. The highest BCUT2D eigenvalue weighted by atomic mass is 16.2. The quantitative estimate of drug-likeness (QED) is 0.809. The van der Waals surface area contributed by atoms with Crippen LogP contribution < -0.4 is 10.6 Å². The maximum atomic E-state index is 12.2. The molecule has 5 heteroatoms. The minimum absolute atomic E-state index is 0.0670. The lowest BCUT2D eigenvalue weighted by atomic mass is 10.1. The van der Waals surface area contributed by atoms with E-state index in [0.29, 0.717) is 11.3 Å². The van der Waals surface area contributed by atoms with Crippen LogP contribution in [0.25, 0.3) is 0 Å². The van der Waals surface area contributed by atoms with E-state index in [0.717, 1.165) is 19.4 Å². The van der Waals surface area contributed by atoms with Gasteiger partial charge in [0, 0.05) is 18.3 Å². The van der Waals surface area contributed by atoms with E-state index < -0.39 is 0 Å². The third-order valence-electron chi connectivity index (χ3n) is 3.52. The molecule has 0 bridgehead atoms. The summed E-state index contributed by atoms with van der Waals surface area (Å²) in [6.07, 6.45) is 2.17. The number of unbranched alkanes of at least 4 members (excludes halogenated alkanes) is 1. The molecule has 0 spiro atoms. The van der Waals surface area contributed by atoms with E-state index in [1.54, 1.807) is 31.3 Å². The van der Waals surface area contributed by atoms with Crippen LogP contribution in [0.5, 0.6) is 0 Å². The zero-order chi connectivity index (χ0) is 15.8. The number of nitrogens with zero attached hydrogens (tertiary/aromatic N) is 1. The van der Waals surface area contributed by atoms with Gasteiger partial charge in [-0.15, -0.1) is 0 Å². The van der Waals surface area contributed by atoms with Gasteiger partial charge in [-0.1, -0.05) is 19.4 Å². The van der Waals surface area contributed by atoms with Crippen LogP contribution in [0.2, 0.25) is 0 Å². The summed E-state index contributed by atoms with van der Waals surface area (Å²) in [5.74, 6) is -0.234. The molecule has 116 valence electrons. The number of hydrogen-bond acceptors (Lipinski definition) is 3. The number of benzene rings is 1. The largest absolute Gasteiger partial charge is 0.355 e. The van der Waals surface area contributed by atoms with Gasteiger partial charge in [0.2, 0.25) is 5.91 Å². The number of anilines is 1. The second-order valence-corrected chi connectivity index (χ2v) is 5.16. The first kappa shape index (κ1) is 17.2. The third-order valence-corrected chi connectivity index (χ3v) is 3.52. The monoisotopic (exact) mass is 291 g/mol. The summed E-state index contributed by atoms with van der Waals surface area (Å²) in [4.78, 5) is 25.8. The molecule has 1 unspecified atom stereocenters. The Morgan fingerprint density at radius 2 is 2.05 bits per heavy atom. The van der Waals surface area contributed by atoms with E-state index in [2.05, 4.69) is 17.6 Å².